The van der Waals surface area contributed by atoms with E-state index in [1.165, 1.54) is 0 Å². The van der Waals surface area contributed by atoms with Crippen molar-refractivity contribution in [3.63, 3.8) is 0 Å². The summed E-state index contributed by atoms with van der Waals surface area (Å²) in [5, 5.41) is 2.19. The number of halogens is 1. The molecule has 2 N–H and O–H groups in total. The molecule has 0 aromatic carbocycles. The van der Waals surface area contributed by atoms with Crippen molar-refractivity contribution in [1.82, 2.24) is 4.98 Å². The Labute approximate surface area is 77.8 Å². The van der Waals surface area contributed by atoms with Crippen LogP contribution < -0.4 is 5.73 Å². The normalized spacial score (nSPS) is 10.4. The summed E-state index contributed by atoms with van der Waals surface area (Å²) in [7, 11) is 0. The van der Waals surface area contributed by atoms with Gasteiger partial charge in [-0.15, -0.1) is 11.3 Å². The molecule has 62 valence electrons. The van der Waals surface area contributed by atoms with Gasteiger partial charge >= 0.3 is 0 Å². The number of nitrogens with two attached hydrogens (primary N) is 1. The molecule has 0 fully saturated rings. The number of rotatable bonds is 1. The smallest absolute Gasteiger partial charge is 0.293 e. The molecular weight excluding hydrogens is 196 g/mol. The minimum Gasteiger partial charge on any atom is -0.411 e. The number of thiophene rings is 1. The molecule has 0 saturated heterocycles. The third kappa shape index (κ3) is 1.19. The van der Waals surface area contributed by atoms with E-state index in [4.69, 9.17) is 21.8 Å². The summed E-state index contributed by atoms with van der Waals surface area (Å²) in [4.78, 5) is 4.90. The number of oxazole rings is 1. The van der Waals surface area contributed by atoms with Gasteiger partial charge < -0.3 is 10.2 Å². The number of nitrogen functional groups attached to an aromatic ring is 1. The molecule has 0 spiro atoms. The maximum atomic E-state index is 5.73. The molecule has 0 aliphatic carbocycles. The summed E-state index contributed by atoms with van der Waals surface area (Å²) in [6.07, 6.45) is 0. The van der Waals surface area contributed by atoms with Gasteiger partial charge in [0.1, 0.15) is 5.69 Å². The lowest BCUT2D eigenvalue weighted by Gasteiger charge is -1.86. The molecule has 0 aliphatic rings. The number of hydrogen-bond acceptors (Lipinski definition) is 4. The summed E-state index contributed by atoms with van der Waals surface area (Å²) in [5.74, 6) is 0. The van der Waals surface area contributed by atoms with Crippen LogP contribution >= 0.6 is 22.9 Å². The summed E-state index contributed by atoms with van der Waals surface area (Å²) in [5.41, 5.74) is 5.94. The van der Waals surface area contributed by atoms with E-state index in [0.717, 1.165) is 4.88 Å². The molecular formula is C7H5ClN2OS. The van der Waals surface area contributed by atoms with Crippen molar-refractivity contribution in [2.45, 2.75) is 0 Å². The van der Waals surface area contributed by atoms with Crippen LogP contribution in [-0.4, -0.2) is 4.98 Å². The van der Waals surface area contributed by atoms with Crippen LogP contribution in [0.2, 0.25) is 5.22 Å². The van der Waals surface area contributed by atoms with E-state index >= 15 is 0 Å². The van der Waals surface area contributed by atoms with Gasteiger partial charge in [-0.2, -0.15) is 4.98 Å². The van der Waals surface area contributed by atoms with E-state index in [1.54, 1.807) is 11.3 Å². The molecule has 0 saturated carbocycles. The molecule has 2 heterocycles. The Morgan fingerprint density at radius 2 is 2.42 bits per heavy atom. The largest absolute Gasteiger partial charge is 0.411 e. The minimum atomic E-state index is 0.100. The zero-order chi connectivity index (χ0) is 8.55. The lowest BCUT2D eigenvalue weighted by molar-refractivity contribution is 0.583. The van der Waals surface area contributed by atoms with Crippen molar-refractivity contribution < 1.29 is 4.42 Å². The minimum absolute atomic E-state index is 0.100. The van der Waals surface area contributed by atoms with E-state index in [0.29, 0.717) is 5.69 Å². The van der Waals surface area contributed by atoms with Crippen LogP contribution in [0.5, 0.6) is 0 Å². The Morgan fingerprint density at radius 1 is 1.58 bits per heavy atom. The molecule has 5 heteroatoms. The number of anilines is 1. The highest BCUT2D eigenvalue weighted by atomic mass is 35.5. The van der Waals surface area contributed by atoms with Gasteiger partial charge in [0.25, 0.3) is 6.01 Å². The predicted octanol–water partition coefficient (Wildman–Crippen LogP) is 2.64. The van der Waals surface area contributed by atoms with Crippen LogP contribution in [0.25, 0.3) is 10.6 Å². The van der Waals surface area contributed by atoms with Gasteiger partial charge in [0, 0.05) is 0 Å². The number of hydrogen-bond donors (Lipinski definition) is 1. The fraction of sp³-hybridized carbons (Fsp3) is 0. The molecule has 3 nitrogen and oxygen atoms in total. The first-order valence-corrected chi connectivity index (χ1v) is 4.49. The van der Waals surface area contributed by atoms with E-state index in [-0.39, 0.29) is 11.2 Å². The Balaban J connectivity index is 2.54. The Hall–Kier alpha value is -1.00. The Bertz CT molecular complexity index is 382. The third-order valence-corrected chi connectivity index (χ3v) is 2.49. The first-order chi connectivity index (χ1) is 5.77. The molecule has 0 aliphatic heterocycles. The highest BCUT2D eigenvalue weighted by Gasteiger charge is 2.11. The van der Waals surface area contributed by atoms with E-state index in [2.05, 4.69) is 4.98 Å². The maximum absolute atomic E-state index is 5.73. The highest BCUT2D eigenvalue weighted by Crippen LogP contribution is 2.31. The number of aromatic nitrogens is 1. The summed E-state index contributed by atoms with van der Waals surface area (Å²) >= 11 is 7.28. The standard InChI is InChI=1S/C7H5ClN2OS/c8-6-5(10-7(9)11-6)4-2-1-3-12-4/h1-3H,(H2,9,10). The van der Waals surface area contributed by atoms with Crippen molar-refractivity contribution in [3.05, 3.63) is 22.7 Å². The molecule has 0 bridgehead atoms. The molecule has 0 radical (unpaired) electrons. The molecule has 2 rings (SSSR count). The second kappa shape index (κ2) is 2.80. The summed E-state index contributed by atoms with van der Waals surface area (Å²) in [6, 6.07) is 3.93. The lowest BCUT2D eigenvalue weighted by atomic mass is 10.4. The average Bonchev–Trinajstić information content (AvgIpc) is 2.58. The van der Waals surface area contributed by atoms with Crippen molar-refractivity contribution >= 4 is 29.0 Å². The molecule has 12 heavy (non-hydrogen) atoms. The predicted molar refractivity (Wildman–Crippen MR) is 49.2 cm³/mol. The van der Waals surface area contributed by atoms with Gasteiger partial charge in [-0.3, -0.25) is 0 Å². The van der Waals surface area contributed by atoms with Crippen molar-refractivity contribution in [1.29, 1.82) is 0 Å². The van der Waals surface area contributed by atoms with E-state index in [1.807, 2.05) is 17.5 Å². The number of nitrogens with zero attached hydrogens (tertiary/aromatic N) is 1. The molecule has 0 unspecified atom stereocenters. The molecule has 2 aromatic rings. The Morgan fingerprint density at radius 3 is 2.92 bits per heavy atom. The van der Waals surface area contributed by atoms with Crippen LogP contribution in [0.1, 0.15) is 0 Å². The maximum Gasteiger partial charge on any atom is 0.293 e. The average molecular weight is 201 g/mol. The van der Waals surface area contributed by atoms with Crippen LogP contribution in [0, 0.1) is 0 Å². The zero-order valence-electron chi connectivity index (χ0n) is 5.95. The second-order valence-electron chi connectivity index (χ2n) is 2.15. The van der Waals surface area contributed by atoms with Crippen molar-refractivity contribution in [2.75, 3.05) is 5.73 Å². The van der Waals surface area contributed by atoms with Gasteiger partial charge in [0.2, 0.25) is 5.22 Å². The first kappa shape index (κ1) is 7.64. The molecule has 0 amide bonds. The van der Waals surface area contributed by atoms with Crippen LogP contribution in [0.15, 0.2) is 21.9 Å². The monoisotopic (exact) mass is 200 g/mol. The summed E-state index contributed by atoms with van der Waals surface area (Å²) in [6.45, 7) is 0. The topological polar surface area (TPSA) is 52.0 Å². The molecule has 0 atom stereocenters. The van der Waals surface area contributed by atoms with Gasteiger partial charge in [-0.25, -0.2) is 0 Å². The van der Waals surface area contributed by atoms with Gasteiger partial charge in [0.15, 0.2) is 0 Å². The SMILES string of the molecule is Nc1nc(-c2cccs2)c(Cl)o1. The fourth-order valence-electron chi connectivity index (χ4n) is 0.882. The fourth-order valence-corrected chi connectivity index (χ4v) is 1.87. The first-order valence-electron chi connectivity index (χ1n) is 3.23. The quantitative estimate of drug-likeness (QED) is 0.770. The van der Waals surface area contributed by atoms with Crippen LogP contribution in [0.3, 0.4) is 0 Å². The lowest BCUT2D eigenvalue weighted by Crippen LogP contribution is -1.81. The molecule has 2 aromatic heterocycles. The van der Waals surface area contributed by atoms with E-state index < -0.39 is 0 Å². The van der Waals surface area contributed by atoms with Gasteiger partial charge in [-0.1, -0.05) is 6.07 Å². The second-order valence-corrected chi connectivity index (χ2v) is 3.44. The van der Waals surface area contributed by atoms with E-state index in [9.17, 15) is 0 Å². The van der Waals surface area contributed by atoms with Gasteiger partial charge in [-0.05, 0) is 23.0 Å². The third-order valence-electron chi connectivity index (χ3n) is 1.36. The van der Waals surface area contributed by atoms with Crippen molar-refractivity contribution in [2.24, 2.45) is 0 Å². The van der Waals surface area contributed by atoms with Crippen LogP contribution in [-0.2, 0) is 0 Å². The van der Waals surface area contributed by atoms with Crippen LogP contribution in [0.4, 0.5) is 6.01 Å². The summed E-state index contributed by atoms with van der Waals surface area (Å²) < 4.78 is 4.88. The highest BCUT2D eigenvalue weighted by molar-refractivity contribution is 7.13. The Kier molecular flexibility index (Phi) is 1.78. The van der Waals surface area contributed by atoms with Crippen molar-refractivity contribution in [3.8, 4) is 10.6 Å². The van der Waals surface area contributed by atoms with Gasteiger partial charge in [0.05, 0.1) is 4.88 Å². The zero-order valence-corrected chi connectivity index (χ0v) is 7.52.